The maximum absolute atomic E-state index is 12.8. The van der Waals surface area contributed by atoms with E-state index in [1.807, 2.05) is 30.3 Å². The summed E-state index contributed by atoms with van der Waals surface area (Å²) in [6.45, 7) is 0.589. The van der Waals surface area contributed by atoms with Gasteiger partial charge < -0.3 is 9.88 Å². The maximum atomic E-state index is 12.8. The number of carbonyl (C=O) groups is 1. The molecule has 1 saturated carbocycles. The van der Waals surface area contributed by atoms with E-state index in [1.165, 1.54) is 35.9 Å². The molecule has 1 N–H and O–H groups in total. The van der Waals surface area contributed by atoms with Crippen LogP contribution in [-0.2, 0) is 6.42 Å². The Morgan fingerprint density at radius 1 is 1.24 bits per heavy atom. The molecule has 0 atom stereocenters. The third kappa shape index (κ3) is 3.33. The van der Waals surface area contributed by atoms with Crippen LogP contribution in [0.4, 0.5) is 0 Å². The number of nitrogens with one attached hydrogen (secondary N) is 1. The number of benzene rings is 1. The van der Waals surface area contributed by atoms with Gasteiger partial charge in [0.1, 0.15) is 5.69 Å². The lowest BCUT2D eigenvalue weighted by molar-refractivity contribution is 0.0943. The zero-order chi connectivity index (χ0) is 17.2. The van der Waals surface area contributed by atoms with Gasteiger partial charge in [0, 0.05) is 17.6 Å². The number of amides is 1. The molecule has 0 bridgehead atoms. The van der Waals surface area contributed by atoms with E-state index in [1.54, 1.807) is 11.3 Å². The SMILES string of the molecule is O=C(NCCc1ccccc1Cl)c1cc2sccc2n1C1CCCC1. The average Bonchev–Trinajstić information content (AvgIpc) is 3.32. The Labute approximate surface area is 156 Å². The standard InChI is InChI=1S/C20H21ClN2OS/c21-16-8-4-1-5-14(16)9-11-22-20(24)18-13-19-17(10-12-25-19)23(18)15-6-2-3-7-15/h1,4-5,8,10,12-13,15H,2-3,6-7,9,11H2,(H,22,24). The number of aromatic nitrogens is 1. The van der Waals surface area contributed by atoms with Gasteiger partial charge in [-0.05, 0) is 48.4 Å². The quantitative estimate of drug-likeness (QED) is 0.635. The lowest BCUT2D eigenvalue weighted by Crippen LogP contribution is -2.28. The van der Waals surface area contributed by atoms with Gasteiger partial charge in [-0.2, -0.15) is 0 Å². The Hall–Kier alpha value is -1.78. The zero-order valence-corrected chi connectivity index (χ0v) is 15.6. The molecule has 1 aliphatic rings. The van der Waals surface area contributed by atoms with Crippen molar-refractivity contribution in [1.82, 2.24) is 9.88 Å². The molecule has 4 rings (SSSR count). The average molecular weight is 373 g/mol. The highest BCUT2D eigenvalue weighted by molar-refractivity contribution is 7.17. The summed E-state index contributed by atoms with van der Waals surface area (Å²) in [5, 5.41) is 5.94. The van der Waals surface area contributed by atoms with Crippen LogP contribution in [0.1, 0.15) is 47.8 Å². The molecule has 1 fully saturated rings. The summed E-state index contributed by atoms with van der Waals surface area (Å²) in [6.07, 6.45) is 5.58. The monoisotopic (exact) mass is 372 g/mol. The maximum Gasteiger partial charge on any atom is 0.267 e. The van der Waals surface area contributed by atoms with Crippen molar-refractivity contribution < 1.29 is 4.79 Å². The van der Waals surface area contributed by atoms with E-state index in [2.05, 4.69) is 21.3 Å². The minimum Gasteiger partial charge on any atom is -0.350 e. The number of hydrogen-bond donors (Lipinski definition) is 1. The van der Waals surface area contributed by atoms with Gasteiger partial charge in [0.05, 0.1) is 10.2 Å². The van der Waals surface area contributed by atoms with E-state index in [-0.39, 0.29) is 5.91 Å². The molecule has 3 nitrogen and oxygen atoms in total. The highest BCUT2D eigenvalue weighted by Gasteiger charge is 2.24. The van der Waals surface area contributed by atoms with E-state index in [0.29, 0.717) is 12.6 Å². The van der Waals surface area contributed by atoms with Gasteiger partial charge in [0.25, 0.3) is 5.91 Å². The Bertz CT molecular complexity index is 892. The fourth-order valence-electron chi connectivity index (χ4n) is 3.78. The third-order valence-electron chi connectivity index (χ3n) is 5.02. The van der Waals surface area contributed by atoms with Crippen LogP contribution in [0.5, 0.6) is 0 Å². The van der Waals surface area contributed by atoms with Crippen LogP contribution in [0, 0.1) is 0 Å². The molecule has 0 radical (unpaired) electrons. The van der Waals surface area contributed by atoms with Gasteiger partial charge >= 0.3 is 0 Å². The fourth-order valence-corrected chi connectivity index (χ4v) is 4.82. The first-order valence-electron chi connectivity index (χ1n) is 8.84. The van der Waals surface area contributed by atoms with Crippen molar-refractivity contribution in [3.8, 4) is 0 Å². The van der Waals surface area contributed by atoms with Crippen LogP contribution in [0.25, 0.3) is 10.2 Å². The summed E-state index contributed by atoms with van der Waals surface area (Å²) in [5.74, 6) is 0.0161. The summed E-state index contributed by atoms with van der Waals surface area (Å²) in [7, 11) is 0. The summed E-state index contributed by atoms with van der Waals surface area (Å²) in [4.78, 5) is 12.8. The second-order valence-electron chi connectivity index (χ2n) is 6.61. The number of rotatable bonds is 5. The van der Waals surface area contributed by atoms with Crippen molar-refractivity contribution in [2.75, 3.05) is 6.54 Å². The van der Waals surface area contributed by atoms with E-state index in [4.69, 9.17) is 11.6 Å². The van der Waals surface area contributed by atoms with Crippen molar-refractivity contribution in [3.05, 3.63) is 58.1 Å². The third-order valence-corrected chi connectivity index (χ3v) is 6.24. The first-order chi connectivity index (χ1) is 12.2. The topological polar surface area (TPSA) is 34.0 Å². The van der Waals surface area contributed by atoms with E-state index >= 15 is 0 Å². The molecule has 2 aromatic heterocycles. The molecule has 1 aliphatic carbocycles. The Morgan fingerprint density at radius 2 is 2.04 bits per heavy atom. The molecule has 25 heavy (non-hydrogen) atoms. The largest absolute Gasteiger partial charge is 0.350 e. The Kier molecular flexibility index (Phi) is 4.82. The van der Waals surface area contributed by atoms with E-state index in [0.717, 1.165) is 22.7 Å². The molecule has 3 aromatic rings. The molecule has 0 aliphatic heterocycles. The van der Waals surface area contributed by atoms with Crippen molar-refractivity contribution in [2.45, 2.75) is 38.1 Å². The number of thiophene rings is 1. The number of hydrogen-bond acceptors (Lipinski definition) is 2. The molecule has 1 amide bonds. The summed E-state index contributed by atoms with van der Waals surface area (Å²) < 4.78 is 3.46. The van der Waals surface area contributed by atoms with Crippen molar-refractivity contribution in [1.29, 1.82) is 0 Å². The summed E-state index contributed by atoms with van der Waals surface area (Å²) >= 11 is 7.89. The van der Waals surface area contributed by atoms with Crippen LogP contribution in [-0.4, -0.2) is 17.0 Å². The van der Waals surface area contributed by atoms with Crippen molar-refractivity contribution in [2.24, 2.45) is 0 Å². The number of nitrogens with zero attached hydrogens (tertiary/aromatic N) is 1. The minimum atomic E-state index is 0.0161. The highest BCUT2D eigenvalue weighted by Crippen LogP contribution is 2.36. The number of carbonyl (C=O) groups excluding carboxylic acids is 1. The zero-order valence-electron chi connectivity index (χ0n) is 14.0. The summed E-state index contributed by atoms with van der Waals surface area (Å²) in [5.41, 5.74) is 3.07. The van der Waals surface area contributed by atoms with Crippen LogP contribution in [0.15, 0.2) is 41.8 Å². The van der Waals surface area contributed by atoms with Gasteiger partial charge in [-0.1, -0.05) is 42.6 Å². The van der Waals surface area contributed by atoms with Gasteiger partial charge in [-0.15, -0.1) is 11.3 Å². The molecular weight excluding hydrogens is 352 g/mol. The fraction of sp³-hybridized carbons (Fsp3) is 0.350. The molecule has 1 aromatic carbocycles. The molecule has 0 spiro atoms. The highest BCUT2D eigenvalue weighted by atomic mass is 35.5. The normalized spacial score (nSPS) is 15.1. The number of fused-ring (bicyclic) bond motifs is 1. The van der Waals surface area contributed by atoms with Crippen LogP contribution < -0.4 is 5.32 Å². The second-order valence-corrected chi connectivity index (χ2v) is 7.96. The predicted molar refractivity (Wildman–Crippen MR) is 105 cm³/mol. The Morgan fingerprint density at radius 3 is 2.84 bits per heavy atom. The molecule has 2 heterocycles. The van der Waals surface area contributed by atoms with Gasteiger partial charge in [-0.3, -0.25) is 4.79 Å². The van der Waals surface area contributed by atoms with E-state index in [9.17, 15) is 4.79 Å². The molecule has 0 unspecified atom stereocenters. The molecular formula is C20H21ClN2OS. The van der Waals surface area contributed by atoms with Gasteiger partial charge in [-0.25, -0.2) is 0 Å². The molecule has 5 heteroatoms. The van der Waals surface area contributed by atoms with Crippen LogP contribution in [0.3, 0.4) is 0 Å². The van der Waals surface area contributed by atoms with Crippen molar-refractivity contribution in [3.63, 3.8) is 0 Å². The minimum absolute atomic E-state index is 0.0161. The van der Waals surface area contributed by atoms with E-state index < -0.39 is 0 Å². The lowest BCUT2D eigenvalue weighted by Gasteiger charge is -2.17. The molecule has 130 valence electrons. The van der Waals surface area contributed by atoms with Crippen LogP contribution in [0.2, 0.25) is 5.02 Å². The second kappa shape index (κ2) is 7.22. The first-order valence-corrected chi connectivity index (χ1v) is 10.1. The number of halogens is 1. The predicted octanol–water partition coefficient (Wildman–Crippen LogP) is 5.44. The first kappa shape index (κ1) is 16.7. The van der Waals surface area contributed by atoms with Crippen LogP contribution >= 0.6 is 22.9 Å². The smallest absolute Gasteiger partial charge is 0.267 e. The van der Waals surface area contributed by atoms with Crippen molar-refractivity contribution >= 4 is 39.1 Å². The van der Waals surface area contributed by atoms with Gasteiger partial charge in [0.2, 0.25) is 0 Å². The Balaban J connectivity index is 1.51. The molecule has 0 saturated heterocycles. The lowest BCUT2D eigenvalue weighted by atomic mass is 10.1. The summed E-state index contributed by atoms with van der Waals surface area (Å²) in [6, 6.07) is 12.4. The van der Waals surface area contributed by atoms with Gasteiger partial charge in [0.15, 0.2) is 0 Å².